The van der Waals surface area contributed by atoms with Gasteiger partial charge in [0, 0.05) is 12.8 Å². The Morgan fingerprint density at radius 3 is 1.79 bits per heavy atom. The van der Waals surface area contributed by atoms with E-state index in [1.165, 1.54) is 51.4 Å². The van der Waals surface area contributed by atoms with Gasteiger partial charge in [-0.3, -0.25) is 14.1 Å². The normalized spacial score (nSPS) is 12.6. The zero-order chi connectivity index (χ0) is 22.0. The van der Waals surface area contributed by atoms with Crippen LogP contribution in [0.1, 0.15) is 97.3 Å². The molecule has 0 spiro atoms. The van der Waals surface area contributed by atoms with Crippen LogP contribution in [0.3, 0.4) is 0 Å². The van der Waals surface area contributed by atoms with Crippen molar-refractivity contribution in [2.24, 2.45) is 0 Å². The molecule has 8 nitrogen and oxygen atoms in total. The number of phosphoric acid groups is 1. The number of hydrogen-bond acceptors (Lipinski definition) is 6. The fourth-order valence-electron chi connectivity index (χ4n) is 2.76. The molecule has 1 atom stereocenters. The number of phosphoric ester groups is 1. The zero-order valence-electron chi connectivity index (χ0n) is 18.0. The van der Waals surface area contributed by atoms with Gasteiger partial charge in [-0.1, -0.05) is 78.1 Å². The van der Waals surface area contributed by atoms with Gasteiger partial charge in [-0.05, 0) is 6.42 Å². The molecule has 0 radical (unpaired) electrons. The lowest BCUT2D eigenvalue weighted by molar-refractivity contribution is -0.160. The number of unbranched alkanes of at least 4 members (excludes halogenated alkanes) is 10. The molecule has 0 aromatic carbocycles. The molecule has 0 aromatic heterocycles. The average molecular weight is 438 g/mol. The molecule has 9 heteroatoms. The summed E-state index contributed by atoms with van der Waals surface area (Å²) in [7, 11) is -4.69. The van der Waals surface area contributed by atoms with Gasteiger partial charge in [0.25, 0.3) is 0 Å². The van der Waals surface area contributed by atoms with Crippen molar-refractivity contribution in [3.63, 3.8) is 0 Å². The lowest BCUT2D eigenvalue weighted by atomic mass is 10.1. The van der Waals surface area contributed by atoms with Crippen molar-refractivity contribution >= 4 is 19.8 Å². The SMILES string of the molecule is CCCCCCCCCCCCCC(=O)OC[C@H](COP(=O)(O)O)OC(=O)CC. The maximum absolute atomic E-state index is 11.8. The summed E-state index contributed by atoms with van der Waals surface area (Å²) in [5.41, 5.74) is 0. The van der Waals surface area contributed by atoms with E-state index >= 15 is 0 Å². The zero-order valence-corrected chi connectivity index (χ0v) is 18.9. The molecule has 0 saturated carbocycles. The molecule has 0 unspecified atom stereocenters. The van der Waals surface area contributed by atoms with E-state index in [1.807, 2.05) is 0 Å². The van der Waals surface area contributed by atoms with Gasteiger partial charge in [0.05, 0.1) is 6.61 Å². The quantitative estimate of drug-likeness (QED) is 0.170. The van der Waals surface area contributed by atoms with Crippen molar-refractivity contribution in [3.05, 3.63) is 0 Å². The first kappa shape index (κ1) is 28.1. The van der Waals surface area contributed by atoms with E-state index in [0.717, 1.165) is 19.3 Å². The van der Waals surface area contributed by atoms with E-state index in [1.54, 1.807) is 6.92 Å². The molecule has 0 aromatic rings. The number of carbonyl (C=O) groups excluding carboxylic acids is 2. The van der Waals surface area contributed by atoms with Gasteiger partial charge in [-0.15, -0.1) is 0 Å². The minimum atomic E-state index is -4.69. The van der Waals surface area contributed by atoms with Crippen molar-refractivity contribution in [2.75, 3.05) is 13.2 Å². The van der Waals surface area contributed by atoms with Crippen LogP contribution < -0.4 is 0 Å². The van der Waals surface area contributed by atoms with Crippen LogP contribution >= 0.6 is 7.82 Å². The highest BCUT2D eigenvalue weighted by Gasteiger charge is 2.22. The van der Waals surface area contributed by atoms with Crippen LogP contribution in [-0.4, -0.2) is 41.0 Å². The number of carbonyl (C=O) groups is 2. The van der Waals surface area contributed by atoms with E-state index in [-0.39, 0.29) is 19.4 Å². The van der Waals surface area contributed by atoms with Crippen LogP contribution in [0.5, 0.6) is 0 Å². The smallest absolute Gasteiger partial charge is 0.462 e. The Kier molecular flexibility index (Phi) is 17.3. The van der Waals surface area contributed by atoms with Crippen LogP contribution in [0.15, 0.2) is 0 Å². The number of esters is 2. The molecule has 0 aliphatic heterocycles. The summed E-state index contributed by atoms with van der Waals surface area (Å²) in [5, 5.41) is 0. The molecular weight excluding hydrogens is 399 g/mol. The van der Waals surface area contributed by atoms with Crippen molar-refractivity contribution in [3.8, 4) is 0 Å². The Balaban J connectivity index is 3.81. The molecule has 172 valence electrons. The molecule has 0 saturated heterocycles. The van der Waals surface area contributed by atoms with E-state index < -0.39 is 32.5 Å². The Hall–Kier alpha value is -0.950. The van der Waals surface area contributed by atoms with Crippen LogP contribution in [0.2, 0.25) is 0 Å². The van der Waals surface area contributed by atoms with Gasteiger partial charge in [0.1, 0.15) is 6.61 Å². The van der Waals surface area contributed by atoms with E-state index in [4.69, 9.17) is 19.3 Å². The second kappa shape index (κ2) is 17.9. The summed E-state index contributed by atoms with van der Waals surface area (Å²) in [6, 6.07) is 0. The third kappa shape index (κ3) is 20.1. The summed E-state index contributed by atoms with van der Waals surface area (Å²) < 4.78 is 25.2. The largest absolute Gasteiger partial charge is 0.469 e. The van der Waals surface area contributed by atoms with Gasteiger partial charge in [-0.25, -0.2) is 4.57 Å². The van der Waals surface area contributed by atoms with Crippen LogP contribution in [0, 0.1) is 0 Å². The second-order valence-electron chi connectivity index (χ2n) is 7.22. The van der Waals surface area contributed by atoms with Crippen molar-refractivity contribution in [1.29, 1.82) is 0 Å². The van der Waals surface area contributed by atoms with Crippen LogP contribution in [0.4, 0.5) is 0 Å². The highest BCUT2D eigenvalue weighted by Crippen LogP contribution is 2.35. The first-order chi connectivity index (χ1) is 13.8. The molecule has 0 amide bonds. The van der Waals surface area contributed by atoms with Gasteiger partial charge in [0.15, 0.2) is 6.10 Å². The number of hydrogen-bond donors (Lipinski definition) is 2. The minimum Gasteiger partial charge on any atom is -0.462 e. The van der Waals surface area contributed by atoms with Crippen LogP contribution in [-0.2, 0) is 28.2 Å². The van der Waals surface area contributed by atoms with Crippen molar-refractivity contribution < 1.29 is 37.9 Å². The Morgan fingerprint density at radius 1 is 0.793 bits per heavy atom. The fourth-order valence-corrected chi connectivity index (χ4v) is 3.12. The number of rotatable bonds is 19. The number of ether oxygens (including phenoxy) is 2. The molecule has 29 heavy (non-hydrogen) atoms. The standard InChI is InChI=1S/C20H39O8P/c1-3-5-6-7-8-9-10-11-12-13-14-15-20(22)26-16-18(28-19(21)4-2)17-27-29(23,24)25/h18H,3-17H2,1-2H3,(H2,23,24,25)/t18-/m1/s1. The average Bonchev–Trinajstić information content (AvgIpc) is 2.67. The molecule has 0 aliphatic rings. The van der Waals surface area contributed by atoms with E-state index in [0.29, 0.717) is 0 Å². The van der Waals surface area contributed by atoms with Crippen LogP contribution in [0.25, 0.3) is 0 Å². The molecule has 0 aliphatic carbocycles. The monoisotopic (exact) mass is 438 g/mol. The molecule has 2 N–H and O–H groups in total. The van der Waals surface area contributed by atoms with Gasteiger partial charge in [0.2, 0.25) is 0 Å². The molecular formula is C20H39O8P. The Labute approximate surface area is 174 Å². The topological polar surface area (TPSA) is 119 Å². The van der Waals surface area contributed by atoms with Gasteiger partial charge >= 0.3 is 19.8 Å². The Bertz CT molecular complexity index is 477. The highest BCUT2D eigenvalue weighted by molar-refractivity contribution is 7.46. The molecule has 0 rings (SSSR count). The first-order valence-electron chi connectivity index (χ1n) is 10.8. The maximum atomic E-state index is 11.8. The second-order valence-corrected chi connectivity index (χ2v) is 8.46. The predicted molar refractivity (Wildman–Crippen MR) is 110 cm³/mol. The van der Waals surface area contributed by atoms with Gasteiger partial charge in [-0.2, -0.15) is 0 Å². The molecule has 0 bridgehead atoms. The Morgan fingerprint density at radius 2 is 1.31 bits per heavy atom. The molecule has 0 fully saturated rings. The van der Waals surface area contributed by atoms with Crippen molar-refractivity contribution in [2.45, 2.75) is 103 Å². The summed E-state index contributed by atoms with van der Waals surface area (Å²) in [4.78, 5) is 40.7. The summed E-state index contributed by atoms with van der Waals surface area (Å²) in [6.07, 6.45) is 12.4. The maximum Gasteiger partial charge on any atom is 0.469 e. The highest BCUT2D eigenvalue weighted by atomic mass is 31.2. The third-order valence-electron chi connectivity index (χ3n) is 4.43. The summed E-state index contributed by atoms with van der Waals surface area (Å²) in [5.74, 6) is -0.986. The minimum absolute atomic E-state index is 0.0963. The predicted octanol–water partition coefficient (Wildman–Crippen LogP) is 4.66. The summed E-state index contributed by atoms with van der Waals surface area (Å²) in [6.45, 7) is 2.97. The van der Waals surface area contributed by atoms with Gasteiger partial charge < -0.3 is 19.3 Å². The van der Waals surface area contributed by atoms with E-state index in [9.17, 15) is 14.2 Å². The lowest BCUT2D eigenvalue weighted by Crippen LogP contribution is -2.29. The molecule has 0 heterocycles. The lowest BCUT2D eigenvalue weighted by Gasteiger charge is -2.18. The van der Waals surface area contributed by atoms with Crippen molar-refractivity contribution in [1.82, 2.24) is 0 Å². The fraction of sp³-hybridized carbons (Fsp3) is 0.900. The van der Waals surface area contributed by atoms with E-state index in [2.05, 4.69) is 11.4 Å². The third-order valence-corrected chi connectivity index (χ3v) is 4.92. The summed E-state index contributed by atoms with van der Waals surface area (Å²) >= 11 is 0. The first-order valence-corrected chi connectivity index (χ1v) is 12.4.